The fourth-order valence-electron chi connectivity index (χ4n) is 26.1. The second-order valence-electron chi connectivity index (χ2n) is 39.3. The van der Waals surface area contributed by atoms with Crippen LogP contribution >= 0.6 is 27.7 Å². The van der Waals surface area contributed by atoms with Crippen molar-refractivity contribution in [1.82, 2.24) is 24.8 Å². The molecule has 8 aromatic rings. The molecule has 20 rings (SSSR count). The third kappa shape index (κ3) is 17.7. The maximum Gasteiger partial charge on any atom is 0.302 e. The summed E-state index contributed by atoms with van der Waals surface area (Å²) in [6.45, 7) is 18.4. The molecule has 12 aliphatic rings. The molecule has 674 valence electrons. The molecule has 11 aliphatic carbocycles. The van der Waals surface area contributed by atoms with Crippen LogP contribution in [-0.4, -0.2) is 128 Å². The summed E-state index contributed by atoms with van der Waals surface area (Å²) in [5, 5.41) is 35.6. The number of amidine groups is 2. The number of nitrogens with zero attached hydrogens (tertiary/aromatic N) is 4. The van der Waals surface area contributed by atoms with Crippen molar-refractivity contribution in [3.63, 3.8) is 0 Å². The van der Waals surface area contributed by atoms with Crippen LogP contribution < -0.4 is 11.5 Å². The number of halogens is 1. The summed E-state index contributed by atoms with van der Waals surface area (Å²) in [6, 6.07) is 38.1. The minimum Gasteiger partial charge on any atom is -0.508 e. The summed E-state index contributed by atoms with van der Waals surface area (Å²) in [7, 11) is -3.97. The zero-order valence-electron chi connectivity index (χ0n) is 74.2. The number of carbonyl (C=O) groups excluding carboxylic acids is 6. The number of hydrogen-bond acceptors (Lipinski definition) is 20. The molecule has 22 nitrogen and oxygen atoms in total. The Labute approximate surface area is 760 Å². The molecule has 0 amide bonds. The zero-order chi connectivity index (χ0) is 90.1. The van der Waals surface area contributed by atoms with Crippen molar-refractivity contribution in [2.45, 2.75) is 212 Å². The van der Waals surface area contributed by atoms with Gasteiger partial charge in [0, 0.05) is 97.6 Å². The van der Waals surface area contributed by atoms with Crippen LogP contribution in [0.2, 0.25) is 0 Å². The van der Waals surface area contributed by atoms with E-state index in [4.69, 9.17) is 35.6 Å². The van der Waals surface area contributed by atoms with Crippen LogP contribution in [-0.2, 0) is 47.8 Å². The fourth-order valence-corrected chi connectivity index (χ4v) is 27.6. The number of benzene rings is 5. The molecule has 0 bridgehead atoms. The number of rotatable bonds is 15. The van der Waals surface area contributed by atoms with E-state index in [9.17, 15) is 47.4 Å². The molecule has 20 atom stereocenters. The van der Waals surface area contributed by atoms with Gasteiger partial charge in [0.05, 0.1) is 11.1 Å². The van der Waals surface area contributed by atoms with E-state index in [2.05, 4.69) is 94.5 Å². The maximum absolute atomic E-state index is 13.7. The first-order valence-electron chi connectivity index (χ1n) is 45.4. The number of ketones is 5. The largest absolute Gasteiger partial charge is 0.508 e. The lowest BCUT2D eigenvalue weighted by molar-refractivity contribution is -0.167. The third-order valence-electron chi connectivity index (χ3n) is 32.7. The number of carbonyl (C=O) groups is 6. The van der Waals surface area contributed by atoms with E-state index in [1.165, 1.54) is 53.1 Å². The molecule has 0 spiro atoms. The molecule has 3 aromatic heterocycles. The number of esters is 1. The number of phenolic OH excluding ortho intramolecular Hbond substituents is 1. The molecular formula is C102H124BrN9O13S2. The Morgan fingerprint density at radius 2 is 1.39 bits per heavy atom. The number of fused-ring (bicyclic) bond motifs is 16. The number of nitrogen functional groups attached to an aromatic ring is 2. The van der Waals surface area contributed by atoms with E-state index in [0.29, 0.717) is 117 Å². The van der Waals surface area contributed by atoms with Crippen molar-refractivity contribution in [2.24, 2.45) is 104 Å². The van der Waals surface area contributed by atoms with Crippen LogP contribution in [0, 0.1) is 110 Å². The van der Waals surface area contributed by atoms with E-state index in [0.717, 1.165) is 160 Å². The van der Waals surface area contributed by atoms with Gasteiger partial charge in [0.15, 0.2) is 22.4 Å². The van der Waals surface area contributed by atoms with Crippen LogP contribution in [0.4, 0.5) is 0 Å². The summed E-state index contributed by atoms with van der Waals surface area (Å²) < 4.78 is 42.6. The van der Waals surface area contributed by atoms with Gasteiger partial charge in [0.25, 0.3) is 10.1 Å². The zero-order valence-corrected chi connectivity index (χ0v) is 77.4. The first kappa shape index (κ1) is 91.0. The monoisotopic (exact) mass is 1830 g/mol. The number of phenols is 1. The molecule has 127 heavy (non-hydrogen) atoms. The Kier molecular flexibility index (Phi) is 25.9. The molecule has 25 heteroatoms. The Bertz CT molecular complexity index is 5700. The van der Waals surface area contributed by atoms with Crippen LogP contribution in [0.15, 0.2) is 170 Å². The molecule has 9 saturated carbocycles. The average molecular weight is 1830 g/mol. The van der Waals surface area contributed by atoms with Gasteiger partial charge in [-0.15, -0.1) is 0 Å². The highest BCUT2D eigenvalue weighted by Crippen LogP contribution is 2.70. The Hall–Kier alpha value is -9.37. The highest BCUT2D eigenvalue weighted by Gasteiger charge is 2.68. The van der Waals surface area contributed by atoms with Gasteiger partial charge in [0.1, 0.15) is 76.4 Å². The molecule has 10 fully saturated rings. The lowest BCUT2D eigenvalue weighted by atomic mass is 9.44. The quantitative estimate of drug-likeness (QED) is 0.00953. The number of furan rings is 1. The fraction of sp³-hybridized carbons (Fsp3) is 0.500. The molecular weight excluding hydrogens is 1700 g/mol. The van der Waals surface area contributed by atoms with Crippen LogP contribution in [0.3, 0.4) is 0 Å². The summed E-state index contributed by atoms with van der Waals surface area (Å²) in [5.41, 5.74) is 20.9. The van der Waals surface area contributed by atoms with Gasteiger partial charge in [-0.1, -0.05) is 159 Å². The average Bonchev–Trinajstić information content (AvgIpc) is 1.55. The number of aliphatic hydroxyl groups is 1. The number of allylic oxidation sites excluding steroid dienone is 2. The molecule has 1 saturated heterocycles. The first-order valence-corrected chi connectivity index (χ1v) is 48.9. The number of aryl methyl sites for hydroxylation is 1. The Morgan fingerprint density at radius 3 is 2.03 bits per heavy atom. The SMILES string of the molecule is CC(=O)OC1CCC2(C)C(CCC3C2CC(=O)C2(C)C3CC(N3CC3)C2C(C)=O)C1.CSc1ncc2[nH]c(C(O)c3ccccc3)nc2n1.C[C@]12CC[C@H]3[C@H](CCC4=CC(=O)CC[C@@]43C)[C@@H]1CC[C@@H]2C(=O)COS(=O)(=O)c1ccc(Br)cc1.Cc1cc(O)cc2c1[C@H]1CC[C@]3(C)C(=O)CC[C@H]3[C@H]1C=C2.N=C(N)c1ccc(-c2ccc(-c3ccc(C(=N)N)cc3)o2)cc1.[HH].[HH]. The second kappa shape index (κ2) is 36.2. The lowest BCUT2D eigenvalue weighted by Gasteiger charge is -2.60. The number of Topliss-reactive ketones (excluding diaryl/α,β-unsaturated/α-hetero) is 4. The Balaban J connectivity index is 0.000000132. The van der Waals surface area contributed by atoms with Gasteiger partial charge >= 0.3 is 5.97 Å². The summed E-state index contributed by atoms with van der Waals surface area (Å²) in [6.07, 6.45) is 27.6. The molecule has 1 aliphatic heterocycles. The topological polar surface area (TPSA) is 366 Å². The van der Waals surface area contributed by atoms with Crippen molar-refractivity contribution >= 4 is 102 Å². The third-order valence-corrected chi connectivity index (χ3v) is 35.1. The minimum atomic E-state index is -3.97. The van der Waals surface area contributed by atoms with Gasteiger partial charge < -0.3 is 35.8 Å². The Morgan fingerprint density at radius 1 is 0.717 bits per heavy atom. The van der Waals surface area contributed by atoms with Crippen molar-refractivity contribution < 1.29 is 63.6 Å². The normalized spacial score (nSPS) is 31.8. The van der Waals surface area contributed by atoms with E-state index in [-0.39, 0.29) is 88.4 Å². The number of nitrogens with one attached hydrogen (secondary N) is 3. The number of imidazole rings is 1. The number of aliphatic hydroxyl groups excluding tert-OH is 1. The summed E-state index contributed by atoms with van der Waals surface area (Å²) in [5.74, 6) is 8.14. The van der Waals surface area contributed by atoms with Crippen molar-refractivity contribution in [3.8, 4) is 28.4 Å². The number of aromatic amines is 1. The van der Waals surface area contributed by atoms with Crippen LogP contribution in [0.25, 0.3) is 39.9 Å². The standard InChI is InChI=1S/C27H33BrO5S.C25H37NO4.C19H22O2.C18H16N4O.C13H12N4OS.2H2/c1-26-13-11-19(29)15-17(26)3-8-21-22-9-10-24(27(22,2)14-12-23(21)26)25(30)16-33-34(31,32)20-6-4-18(28)5-7-20;1-14(27)23-21(26-9-10-26)12-20-18-6-5-16-11-17(30-15(2)28)7-8-24(16,3)19(18)13-22(29)25(20,23)4;1-11-9-13(20)10-12-3-4-14-15(18(11)12)7-8-19(2)16(14)5-6-17(19)21;19-17(20)13-5-1-11(2-6-13)15-9-10-16(23-15)12-3-7-14(8-4-12)18(21)22;1-19-13-14-7-9-11(17-13)16-12(15-9)10(18)8-5-3-2-4-6-8;;/h4-7,15,21-24H,3,8-14,16H2,1-2H3;16-21,23H,5-13H2,1-4H3;3-4,9-10,14-16,20H,5-8H2,1-2H3;1-10H,(H3,19,20)(H3,21,22);2-7,10,18H,1H3,(H,14,15,16,17);2*1H/t21-,22+,23+,24-,26+,27+;;14-,15-,16-,19-;;;;/m1.0..../s1. The molecule has 0 radical (unpaired) electrons. The predicted molar refractivity (Wildman–Crippen MR) is 498 cm³/mol. The van der Waals surface area contributed by atoms with Gasteiger partial charge in [0.2, 0.25) is 0 Å². The highest BCUT2D eigenvalue weighted by molar-refractivity contribution is 9.10. The van der Waals surface area contributed by atoms with Crippen molar-refractivity contribution in [1.29, 1.82) is 10.8 Å². The summed E-state index contributed by atoms with van der Waals surface area (Å²) in [4.78, 5) is 93.9. The first-order chi connectivity index (χ1) is 60.5. The van der Waals surface area contributed by atoms with Gasteiger partial charge in [-0.25, -0.2) is 15.0 Å². The van der Waals surface area contributed by atoms with Gasteiger partial charge in [-0.05, 0) is 275 Å². The van der Waals surface area contributed by atoms with Crippen LogP contribution in [0.5, 0.6) is 5.75 Å². The number of hydrogen-bond donors (Lipinski definition) is 7. The molecule has 9 N–H and O–H groups in total. The lowest BCUT2D eigenvalue weighted by Crippen LogP contribution is -2.58. The van der Waals surface area contributed by atoms with Gasteiger partial charge in [-0.2, -0.15) is 8.42 Å². The highest BCUT2D eigenvalue weighted by atomic mass is 79.9. The predicted octanol–water partition coefficient (Wildman–Crippen LogP) is 19.5. The number of ether oxygens (including phenoxy) is 1. The van der Waals surface area contributed by atoms with Crippen molar-refractivity contribution in [3.05, 3.63) is 195 Å². The second-order valence-corrected chi connectivity index (χ2v) is 42.6. The van der Waals surface area contributed by atoms with E-state index in [1.807, 2.05) is 91.2 Å². The minimum absolute atomic E-state index is 0. The van der Waals surface area contributed by atoms with Crippen LogP contribution in [0.1, 0.15) is 225 Å². The van der Waals surface area contributed by atoms with E-state index >= 15 is 0 Å². The number of aromatic hydroxyl groups is 1. The number of thioether (sulfide) groups is 1. The summed E-state index contributed by atoms with van der Waals surface area (Å²) >= 11 is 4.76. The molecule has 5 aromatic carbocycles. The number of nitrogens with two attached hydrogens (primary N) is 2. The van der Waals surface area contributed by atoms with E-state index in [1.54, 1.807) is 49.5 Å². The smallest absolute Gasteiger partial charge is 0.302 e. The van der Waals surface area contributed by atoms with Gasteiger partial charge in [-0.3, -0.25) is 48.7 Å². The molecule has 4 heterocycles. The molecule has 10 unspecified atom stereocenters. The number of H-pyrrole nitrogens is 1. The van der Waals surface area contributed by atoms with Crippen molar-refractivity contribution in [2.75, 3.05) is 26.0 Å². The number of aromatic nitrogens is 4. The van der Waals surface area contributed by atoms with E-state index < -0.39 is 28.2 Å². The maximum atomic E-state index is 13.7.